The molecule has 1 aliphatic heterocycles. The zero-order chi connectivity index (χ0) is 18.8. The van der Waals surface area contributed by atoms with Gasteiger partial charge in [-0.15, -0.1) is 0 Å². The summed E-state index contributed by atoms with van der Waals surface area (Å²) in [4.78, 5) is 38.7. The minimum Gasteiger partial charge on any atom is -0.330 e. The minimum atomic E-state index is -0.418. The fourth-order valence-electron chi connectivity index (χ4n) is 3.53. The molecule has 3 heterocycles. The molecule has 0 aliphatic carbocycles. The number of aromatic nitrogens is 3. The molecular formula is C21H20N4O2. The molecule has 1 atom stereocenters. The molecule has 1 saturated heterocycles. The highest BCUT2D eigenvalue weighted by Crippen LogP contribution is 2.31. The molecule has 136 valence electrons. The SMILES string of the molecule is Cc1cccc(-c2ncc(C(=O)N3CCC[C@@H]3c3ccccn3)c(=O)[nH]2)c1. The molecule has 1 aliphatic rings. The molecule has 1 amide bonds. The molecule has 0 spiro atoms. The van der Waals surface area contributed by atoms with Gasteiger partial charge in [-0.2, -0.15) is 0 Å². The van der Waals surface area contributed by atoms with Gasteiger partial charge in [-0.05, 0) is 38.0 Å². The van der Waals surface area contributed by atoms with Gasteiger partial charge in [0.1, 0.15) is 11.4 Å². The number of aryl methyl sites for hydroxylation is 1. The van der Waals surface area contributed by atoms with Crippen LogP contribution in [0, 0.1) is 6.92 Å². The van der Waals surface area contributed by atoms with Crippen LogP contribution < -0.4 is 5.56 Å². The van der Waals surface area contributed by atoms with Gasteiger partial charge in [-0.1, -0.05) is 29.8 Å². The van der Waals surface area contributed by atoms with E-state index in [9.17, 15) is 9.59 Å². The fourth-order valence-corrected chi connectivity index (χ4v) is 3.53. The number of pyridine rings is 1. The van der Waals surface area contributed by atoms with Gasteiger partial charge in [-0.3, -0.25) is 14.6 Å². The molecule has 3 aromatic rings. The zero-order valence-corrected chi connectivity index (χ0v) is 15.1. The van der Waals surface area contributed by atoms with E-state index >= 15 is 0 Å². The standard InChI is InChI=1S/C21H20N4O2/c1-14-6-4-7-15(12-14)19-23-13-16(20(26)24-19)21(27)25-11-5-9-18(25)17-8-2-3-10-22-17/h2-4,6-8,10,12-13,18H,5,9,11H2,1H3,(H,23,24,26)/t18-/m1/s1. The number of hydrogen-bond donors (Lipinski definition) is 1. The Morgan fingerprint density at radius 2 is 2.07 bits per heavy atom. The first-order chi connectivity index (χ1) is 13.1. The van der Waals surface area contributed by atoms with E-state index in [1.165, 1.54) is 6.20 Å². The van der Waals surface area contributed by atoms with Gasteiger partial charge in [0.15, 0.2) is 0 Å². The number of H-pyrrole nitrogens is 1. The molecule has 1 N–H and O–H groups in total. The summed E-state index contributed by atoms with van der Waals surface area (Å²) in [5.74, 6) is 0.163. The number of likely N-dealkylation sites (tertiary alicyclic amines) is 1. The maximum Gasteiger partial charge on any atom is 0.264 e. The predicted molar refractivity (Wildman–Crippen MR) is 102 cm³/mol. The second kappa shape index (κ2) is 7.15. The molecule has 0 radical (unpaired) electrons. The number of rotatable bonds is 3. The van der Waals surface area contributed by atoms with Gasteiger partial charge in [0.05, 0.1) is 11.7 Å². The van der Waals surface area contributed by atoms with Crippen LogP contribution in [0.3, 0.4) is 0 Å². The number of nitrogens with one attached hydrogen (secondary N) is 1. The van der Waals surface area contributed by atoms with Crippen LogP contribution in [0.4, 0.5) is 0 Å². The Morgan fingerprint density at radius 3 is 2.81 bits per heavy atom. The van der Waals surface area contributed by atoms with Crippen molar-refractivity contribution in [1.82, 2.24) is 19.9 Å². The predicted octanol–water partition coefficient (Wildman–Crippen LogP) is 3.12. The quantitative estimate of drug-likeness (QED) is 0.778. The fraction of sp³-hybridized carbons (Fsp3) is 0.238. The van der Waals surface area contributed by atoms with Gasteiger partial charge < -0.3 is 9.88 Å². The van der Waals surface area contributed by atoms with Crippen molar-refractivity contribution in [2.75, 3.05) is 6.54 Å². The van der Waals surface area contributed by atoms with Crippen molar-refractivity contribution in [2.24, 2.45) is 0 Å². The molecule has 2 aromatic heterocycles. The summed E-state index contributed by atoms with van der Waals surface area (Å²) in [7, 11) is 0. The van der Waals surface area contributed by atoms with E-state index in [0.717, 1.165) is 29.7 Å². The average molecular weight is 360 g/mol. The van der Waals surface area contributed by atoms with Crippen LogP contribution in [0.5, 0.6) is 0 Å². The first-order valence-electron chi connectivity index (χ1n) is 9.02. The van der Waals surface area contributed by atoms with E-state index in [-0.39, 0.29) is 17.5 Å². The van der Waals surface area contributed by atoms with Gasteiger partial charge in [0.2, 0.25) is 0 Å². The number of benzene rings is 1. The van der Waals surface area contributed by atoms with Crippen molar-refractivity contribution in [3.05, 3.63) is 82.0 Å². The van der Waals surface area contributed by atoms with Crippen molar-refractivity contribution in [1.29, 1.82) is 0 Å². The summed E-state index contributed by atoms with van der Waals surface area (Å²) in [5.41, 5.74) is 2.39. The molecule has 0 saturated carbocycles. The van der Waals surface area contributed by atoms with E-state index < -0.39 is 5.56 Å². The molecule has 1 fully saturated rings. The van der Waals surface area contributed by atoms with Crippen molar-refractivity contribution < 1.29 is 4.79 Å². The van der Waals surface area contributed by atoms with E-state index in [0.29, 0.717) is 12.4 Å². The van der Waals surface area contributed by atoms with Crippen molar-refractivity contribution in [3.8, 4) is 11.4 Å². The Morgan fingerprint density at radius 1 is 1.19 bits per heavy atom. The molecule has 0 unspecified atom stereocenters. The lowest BCUT2D eigenvalue weighted by Crippen LogP contribution is -2.35. The molecule has 1 aromatic carbocycles. The van der Waals surface area contributed by atoms with Gasteiger partial charge in [-0.25, -0.2) is 4.98 Å². The molecule has 0 bridgehead atoms. The summed E-state index contributed by atoms with van der Waals surface area (Å²) in [6.45, 7) is 2.59. The van der Waals surface area contributed by atoms with Gasteiger partial charge in [0, 0.05) is 24.5 Å². The van der Waals surface area contributed by atoms with E-state index in [1.807, 2.05) is 49.4 Å². The van der Waals surface area contributed by atoms with Crippen molar-refractivity contribution in [2.45, 2.75) is 25.8 Å². The largest absolute Gasteiger partial charge is 0.330 e. The second-order valence-electron chi connectivity index (χ2n) is 6.76. The van der Waals surface area contributed by atoms with Crippen LogP contribution in [-0.2, 0) is 0 Å². The number of aromatic amines is 1. The smallest absolute Gasteiger partial charge is 0.264 e. The first kappa shape index (κ1) is 17.1. The Hall–Kier alpha value is -3.28. The van der Waals surface area contributed by atoms with E-state index in [1.54, 1.807) is 11.1 Å². The van der Waals surface area contributed by atoms with Crippen LogP contribution in [0.1, 0.15) is 40.5 Å². The highest BCUT2D eigenvalue weighted by atomic mass is 16.2. The average Bonchev–Trinajstić information content (AvgIpc) is 3.18. The topological polar surface area (TPSA) is 79.0 Å². The number of amides is 1. The minimum absolute atomic E-state index is 0.0641. The van der Waals surface area contributed by atoms with Crippen LogP contribution in [-0.4, -0.2) is 32.3 Å². The lowest BCUT2D eigenvalue weighted by Gasteiger charge is -2.24. The number of nitrogens with zero attached hydrogens (tertiary/aromatic N) is 3. The third kappa shape index (κ3) is 3.38. The first-order valence-corrected chi connectivity index (χ1v) is 9.02. The number of carbonyl (C=O) groups excluding carboxylic acids is 1. The third-order valence-electron chi connectivity index (χ3n) is 4.86. The Balaban J connectivity index is 1.63. The second-order valence-corrected chi connectivity index (χ2v) is 6.76. The molecule has 27 heavy (non-hydrogen) atoms. The normalized spacial score (nSPS) is 16.5. The van der Waals surface area contributed by atoms with Gasteiger partial charge >= 0.3 is 0 Å². The Bertz CT molecular complexity index is 1030. The molecule has 6 nitrogen and oxygen atoms in total. The highest BCUT2D eigenvalue weighted by molar-refractivity contribution is 5.94. The van der Waals surface area contributed by atoms with Gasteiger partial charge in [0.25, 0.3) is 11.5 Å². The summed E-state index contributed by atoms with van der Waals surface area (Å²) in [6, 6.07) is 13.3. The number of carbonyl (C=O) groups is 1. The summed E-state index contributed by atoms with van der Waals surface area (Å²) < 4.78 is 0. The molecule has 4 rings (SSSR count). The lowest BCUT2D eigenvalue weighted by atomic mass is 10.1. The van der Waals surface area contributed by atoms with Crippen LogP contribution in [0.25, 0.3) is 11.4 Å². The van der Waals surface area contributed by atoms with Crippen molar-refractivity contribution in [3.63, 3.8) is 0 Å². The lowest BCUT2D eigenvalue weighted by molar-refractivity contribution is 0.0730. The Labute approximate surface area is 156 Å². The van der Waals surface area contributed by atoms with Crippen LogP contribution >= 0.6 is 0 Å². The van der Waals surface area contributed by atoms with E-state index in [2.05, 4.69) is 15.0 Å². The maximum absolute atomic E-state index is 13.0. The summed E-state index contributed by atoms with van der Waals surface area (Å²) in [5, 5.41) is 0. The van der Waals surface area contributed by atoms with Crippen molar-refractivity contribution >= 4 is 5.91 Å². The summed E-state index contributed by atoms with van der Waals surface area (Å²) in [6.07, 6.45) is 4.84. The van der Waals surface area contributed by atoms with Crippen LogP contribution in [0.2, 0.25) is 0 Å². The highest BCUT2D eigenvalue weighted by Gasteiger charge is 2.32. The van der Waals surface area contributed by atoms with E-state index in [4.69, 9.17) is 0 Å². The zero-order valence-electron chi connectivity index (χ0n) is 15.1. The number of hydrogen-bond acceptors (Lipinski definition) is 4. The van der Waals surface area contributed by atoms with Crippen LogP contribution in [0.15, 0.2) is 59.7 Å². The maximum atomic E-state index is 13.0. The third-order valence-corrected chi connectivity index (χ3v) is 4.86. The molecular weight excluding hydrogens is 340 g/mol. The molecule has 6 heteroatoms. The Kier molecular flexibility index (Phi) is 4.54. The summed E-state index contributed by atoms with van der Waals surface area (Å²) >= 11 is 0. The monoisotopic (exact) mass is 360 g/mol.